The van der Waals surface area contributed by atoms with E-state index in [4.69, 9.17) is 4.74 Å². The van der Waals surface area contributed by atoms with Crippen LogP contribution in [0.3, 0.4) is 0 Å². The van der Waals surface area contributed by atoms with Crippen molar-refractivity contribution in [2.24, 2.45) is 0 Å². The number of nitro benzene ring substituents is 1. The molecule has 0 radical (unpaired) electrons. The summed E-state index contributed by atoms with van der Waals surface area (Å²) >= 11 is 2.10. The predicted octanol–water partition coefficient (Wildman–Crippen LogP) is 3.92. The average molecular weight is 373 g/mol. The van der Waals surface area contributed by atoms with Gasteiger partial charge in [-0.2, -0.15) is 0 Å². The van der Waals surface area contributed by atoms with Crippen LogP contribution >= 0.6 is 22.6 Å². The highest BCUT2D eigenvalue weighted by molar-refractivity contribution is 14.1. The fraction of sp³-hybridized carbons (Fsp3) is 0.0769. The first-order valence-electron chi connectivity index (χ1n) is 5.38. The van der Waals surface area contributed by atoms with E-state index in [9.17, 15) is 14.5 Å². The maximum atomic E-state index is 13.1. The first-order chi connectivity index (χ1) is 9.08. The summed E-state index contributed by atoms with van der Waals surface area (Å²) in [5.74, 6) is 0.0913. The second-order valence-corrected chi connectivity index (χ2v) is 4.91. The molecular weight excluding hydrogens is 364 g/mol. The van der Waals surface area contributed by atoms with Crippen LogP contribution in [0.25, 0.3) is 0 Å². The van der Waals surface area contributed by atoms with Gasteiger partial charge in [-0.05, 0) is 46.9 Å². The number of nitrogens with zero attached hydrogens (tertiary/aromatic N) is 1. The van der Waals surface area contributed by atoms with Gasteiger partial charge in [0, 0.05) is 6.07 Å². The zero-order valence-electron chi connectivity index (χ0n) is 9.68. The SMILES string of the molecule is O=[N+]([O-])c1ccc(F)cc1COc1ccccc1I. The van der Waals surface area contributed by atoms with E-state index in [1.165, 1.54) is 0 Å². The van der Waals surface area contributed by atoms with Crippen molar-refractivity contribution in [2.45, 2.75) is 6.61 Å². The largest absolute Gasteiger partial charge is 0.488 e. The molecule has 0 bridgehead atoms. The number of nitro groups is 1. The van der Waals surface area contributed by atoms with Gasteiger partial charge in [-0.1, -0.05) is 12.1 Å². The van der Waals surface area contributed by atoms with Gasteiger partial charge in [0.1, 0.15) is 18.2 Å². The zero-order chi connectivity index (χ0) is 13.8. The third-order valence-electron chi connectivity index (χ3n) is 2.46. The van der Waals surface area contributed by atoms with E-state index in [1.807, 2.05) is 12.1 Å². The molecule has 2 aromatic rings. The first-order valence-corrected chi connectivity index (χ1v) is 6.46. The molecule has 0 saturated heterocycles. The number of hydrogen-bond acceptors (Lipinski definition) is 3. The monoisotopic (exact) mass is 373 g/mol. The van der Waals surface area contributed by atoms with Crippen LogP contribution in [0.2, 0.25) is 0 Å². The van der Waals surface area contributed by atoms with Gasteiger partial charge >= 0.3 is 0 Å². The van der Waals surface area contributed by atoms with Crippen LogP contribution in [0, 0.1) is 19.5 Å². The molecule has 0 aromatic heterocycles. The lowest BCUT2D eigenvalue weighted by Crippen LogP contribution is -2.02. The van der Waals surface area contributed by atoms with Crippen LogP contribution in [0.1, 0.15) is 5.56 Å². The van der Waals surface area contributed by atoms with Gasteiger partial charge in [-0.15, -0.1) is 0 Å². The Bertz CT molecular complexity index is 619. The Morgan fingerprint density at radius 3 is 2.68 bits per heavy atom. The van der Waals surface area contributed by atoms with Gasteiger partial charge < -0.3 is 4.74 Å². The van der Waals surface area contributed by atoms with Gasteiger partial charge in [0.2, 0.25) is 0 Å². The number of ether oxygens (including phenoxy) is 1. The lowest BCUT2D eigenvalue weighted by molar-refractivity contribution is -0.385. The van der Waals surface area contributed by atoms with E-state index in [0.717, 1.165) is 21.8 Å². The van der Waals surface area contributed by atoms with Crippen molar-refractivity contribution >= 4 is 28.3 Å². The Morgan fingerprint density at radius 1 is 1.26 bits per heavy atom. The normalized spacial score (nSPS) is 10.2. The average Bonchev–Trinajstić information content (AvgIpc) is 2.37. The first kappa shape index (κ1) is 13.7. The molecule has 19 heavy (non-hydrogen) atoms. The summed E-state index contributed by atoms with van der Waals surface area (Å²) < 4.78 is 19.5. The fourth-order valence-electron chi connectivity index (χ4n) is 1.57. The van der Waals surface area contributed by atoms with Crippen molar-refractivity contribution in [3.63, 3.8) is 0 Å². The maximum Gasteiger partial charge on any atom is 0.276 e. The van der Waals surface area contributed by atoms with Gasteiger partial charge in [-0.25, -0.2) is 4.39 Å². The minimum Gasteiger partial charge on any atom is -0.488 e. The molecule has 0 aliphatic carbocycles. The third kappa shape index (κ3) is 3.40. The number of hydrogen-bond donors (Lipinski definition) is 0. The lowest BCUT2D eigenvalue weighted by atomic mass is 10.2. The molecule has 0 atom stereocenters. The van der Waals surface area contributed by atoms with E-state index >= 15 is 0 Å². The number of rotatable bonds is 4. The standard InChI is InChI=1S/C13H9FINO3/c14-10-5-6-12(16(17)18)9(7-10)8-19-13-4-2-1-3-11(13)15/h1-7H,8H2. The van der Waals surface area contributed by atoms with Crippen LogP contribution in [0.4, 0.5) is 10.1 Å². The smallest absolute Gasteiger partial charge is 0.276 e. The Labute approximate surface area is 122 Å². The van der Waals surface area contributed by atoms with Gasteiger partial charge in [0.15, 0.2) is 0 Å². The van der Waals surface area contributed by atoms with Crippen molar-refractivity contribution in [3.8, 4) is 5.75 Å². The minimum absolute atomic E-state index is 0.0475. The summed E-state index contributed by atoms with van der Waals surface area (Å²) in [7, 11) is 0. The number of benzene rings is 2. The molecule has 0 fully saturated rings. The van der Waals surface area contributed by atoms with Crippen LogP contribution in [-0.2, 0) is 6.61 Å². The summed E-state index contributed by atoms with van der Waals surface area (Å²) in [6.07, 6.45) is 0. The molecule has 98 valence electrons. The molecule has 2 aromatic carbocycles. The zero-order valence-corrected chi connectivity index (χ0v) is 11.8. The van der Waals surface area contributed by atoms with Crippen LogP contribution in [0.15, 0.2) is 42.5 Å². The maximum absolute atomic E-state index is 13.1. The molecule has 0 aliphatic heterocycles. The molecule has 0 unspecified atom stereocenters. The van der Waals surface area contributed by atoms with Crippen LogP contribution < -0.4 is 4.74 Å². The molecule has 0 heterocycles. The second-order valence-electron chi connectivity index (χ2n) is 3.75. The van der Waals surface area contributed by atoms with Crippen molar-refractivity contribution in [1.29, 1.82) is 0 Å². The summed E-state index contributed by atoms with van der Waals surface area (Å²) in [5.41, 5.74) is 0.0667. The lowest BCUT2D eigenvalue weighted by Gasteiger charge is -2.08. The van der Waals surface area contributed by atoms with E-state index in [0.29, 0.717) is 5.75 Å². The third-order valence-corrected chi connectivity index (χ3v) is 3.35. The van der Waals surface area contributed by atoms with E-state index in [-0.39, 0.29) is 17.9 Å². The Balaban J connectivity index is 2.22. The van der Waals surface area contributed by atoms with Gasteiger partial charge in [0.05, 0.1) is 14.1 Å². The van der Waals surface area contributed by atoms with Crippen molar-refractivity contribution < 1.29 is 14.1 Å². The molecular formula is C13H9FINO3. The molecule has 2 rings (SSSR count). The molecule has 0 amide bonds. The number of para-hydroxylation sites is 1. The van der Waals surface area contributed by atoms with Gasteiger partial charge in [0.25, 0.3) is 5.69 Å². The molecule has 6 heteroatoms. The second kappa shape index (κ2) is 5.96. The predicted molar refractivity (Wildman–Crippen MR) is 76.5 cm³/mol. The summed E-state index contributed by atoms with van der Waals surface area (Å²) in [6.45, 7) is -0.0475. The Hall–Kier alpha value is -1.70. The highest BCUT2D eigenvalue weighted by Gasteiger charge is 2.15. The highest BCUT2D eigenvalue weighted by Crippen LogP contribution is 2.24. The Morgan fingerprint density at radius 2 is 2.00 bits per heavy atom. The van der Waals surface area contributed by atoms with E-state index < -0.39 is 10.7 Å². The summed E-state index contributed by atoms with van der Waals surface area (Å²) in [4.78, 5) is 10.3. The van der Waals surface area contributed by atoms with Crippen molar-refractivity contribution in [2.75, 3.05) is 0 Å². The van der Waals surface area contributed by atoms with E-state index in [2.05, 4.69) is 22.6 Å². The topological polar surface area (TPSA) is 52.4 Å². The summed E-state index contributed by atoms with van der Waals surface area (Å²) in [5, 5.41) is 10.8. The molecule has 0 spiro atoms. The quantitative estimate of drug-likeness (QED) is 0.464. The van der Waals surface area contributed by atoms with Gasteiger partial charge in [-0.3, -0.25) is 10.1 Å². The fourth-order valence-corrected chi connectivity index (χ4v) is 2.11. The minimum atomic E-state index is -0.548. The summed E-state index contributed by atoms with van der Waals surface area (Å²) in [6, 6.07) is 10.6. The molecule has 0 saturated carbocycles. The highest BCUT2D eigenvalue weighted by atomic mass is 127. The van der Waals surface area contributed by atoms with Crippen molar-refractivity contribution in [3.05, 3.63) is 67.5 Å². The molecule has 0 aliphatic rings. The van der Waals surface area contributed by atoms with Crippen LogP contribution in [-0.4, -0.2) is 4.92 Å². The molecule has 4 nitrogen and oxygen atoms in total. The Kier molecular flexibility index (Phi) is 4.31. The van der Waals surface area contributed by atoms with Crippen molar-refractivity contribution in [1.82, 2.24) is 0 Å². The molecule has 0 N–H and O–H groups in total. The number of halogens is 2. The van der Waals surface area contributed by atoms with Crippen LogP contribution in [0.5, 0.6) is 5.75 Å². The van der Waals surface area contributed by atoms with E-state index in [1.54, 1.807) is 12.1 Å².